The number of nitrogens with two attached hydrogens (primary N) is 1. The van der Waals surface area contributed by atoms with Crippen LogP contribution in [0.25, 0.3) is 0 Å². The maximum atomic E-state index is 12.0. The van der Waals surface area contributed by atoms with Crippen LogP contribution >= 0.6 is 11.6 Å². The van der Waals surface area contributed by atoms with Crippen molar-refractivity contribution in [2.24, 2.45) is 0 Å². The summed E-state index contributed by atoms with van der Waals surface area (Å²) < 4.78 is 36.1. The number of nitrogens with zero attached hydrogens (tertiary/aromatic N) is 1. The summed E-state index contributed by atoms with van der Waals surface area (Å²) in [5, 5.41) is 2.95. The molecule has 0 saturated carbocycles. The molecule has 0 aliphatic rings. The van der Waals surface area contributed by atoms with Crippen molar-refractivity contribution in [2.45, 2.75) is 12.6 Å². The Kier molecular flexibility index (Phi) is 5.64. The molecular weight excluding hydrogens is 295 g/mol. The van der Waals surface area contributed by atoms with E-state index in [0.717, 1.165) is 0 Å². The molecular formula is C12H15ClF3N3O. The van der Waals surface area contributed by atoms with Crippen LogP contribution in [0, 0.1) is 0 Å². The van der Waals surface area contributed by atoms with Gasteiger partial charge in [0.25, 0.3) is 0 Å². The summed E-state index contributed by atoms with van der Waals surface area (Å²) in [4.78, 5) is 12.9. The van der Waals surface area contributed by atoms with Crippen LogP contribution in [0.2, 0.25) is 5.02 Å². The molecule has 0 heterocycles. The predicted octanol–water partition coefficient (Wildman–Crippen LogP) is 2.74. The Balaban J connectivity index is 2.47. The third-order valence-electron chi connectivity index (χ3n) is 2.48. The lowest BCUT2D eigenvalue weighted by Gasteiger charge is -2.17. The molecule has 4 nitrogen and oxygen atoms in total. The Hall–Kier alpha value is -1.47. The fraction of sp³-hybridized carbons (Fsp3) is 0.417. The molecule has 112 valence electrons. The minimum Gasteiger partial charge on any atom is -0.397 e. The number of rotatable bonds is 5. The van der Waals surface area contributed by atoms with Crippen molar-refractivity contribution < 1.29 is 18.0 Å². The predicted molar refractivity (Wildman–Crippen MR) is 72.7 cm³/mol. The average Bonchev–Trinajstić information content (AvgIpc) is 2.29. The van der Waals surface area contributed by atoms with E-state index in [4.69, 9.17) is 17.3 Å². The highest BCUT2D eigenvalue weighted by Gasteiger charge is 2.27. The molecule has 20 heavy (non-hydrogen) atoms. The van der Waals surface area contributed by atoms with Gasteiger partial charge >= 0.3 is 6.18 Å². The number of hydrogen-bond acceptors (Lipinski definition) is 3. The van der Waals surface area contributed by atoms with E-state index >= 15 is 0 Å². The molecule has 1 aromatic rings. The van der Waals surface area contributed by atoms with E-state index in [1.807, 2.05) is 0 Å². The molecule has 1 rings (SSSR count). The van der Waals surface area contributed by atoms with Crippen molar-refractivity contribution >= 4 is 28.9 Å². The molecule has 0 bridgehead atoms. The van der Waals surface area contributed by atoms with Crippen LogP contribution in [0.1, 0.15) is 6.42 Å². The fourth-order valence-corrected chi connectivity index (χ4v) is 1.66. The Morgan fingerprint density at radius 2 is 2.10 bits per heavy atom. The summed E-state index contributed by atoms with van der Waals surface area (Å²) in [7, 11) is 1.44. The van der Waals surface area contributed by atoms with Crippen LogP contribution in [0.4, 0.5) is 24.5 Å². The van der Waals surface area contributed by atoms with Crippen LogP contribution in [0.5, 0.6) is 0 Å². The molecule has 3 N–H and O–H groups in total. The molecule has 1 amide bonds. The molecule has 0 unspecified atom stereocenters. The molecule has 0 spiro atoms. The van der Waals surface area contributed by atoms with Crippen LogP contribution < -0.4 is 11.1 Å². The monoisotopic (exact) mass is 309 g/mol. The van der Waals surface area contributed by atoms with Gasteiger partial charge in [0.2, 0.25) is 5.91 Å². The second-order valence-corrected chi connectivity index (χ2v) is 4.82. The first-order valence-electron chi connectivity index (χ1n) is 5.77. The summed E-state index contributed by atoms with van der Waals surface area (Å²) >= 11 is 5.71. The minimum atomic E-state index is -4.23. The zero-order valence-electron chi connectivity index (χ0n) is 10.8. The SMILES string of the molecule is CN(CCC(F)(F)F)CC(=O)Nc1ccc(Cl)cc1N. The van der Waals surface area contributed by atoms with E-state index in [-0.39, 0.29) is 13.1 Å². The third kappa shape index (κ3) is 6.12. The molecule has 0 fully saturated rings. The van der Waals surface area contributed by atoms with Crippen molar-refractivity contribution in [3.8, 4) is 0 Å². The number of halogens is 4. The molecule has 0 aliphatic heterocycles. The number of hydrogen-bond donors (Lipinski definition) is 2. The first-order chi connectivity index (χ1) is 9.17. The smallest absolute Gasteiger partial charge is 0.390 e. The molecule has 0 aromatic heterocycles. The third-order valence-corrected chi connectivity index (χ3v) is 2.71. The first kappa shape index (κ1) is 16.6. The van der Waals surface area contributed by atoms with E-state index in [1.54, 1.807) is 6.07 Å². The number of likely N-dealkylation sites (N-methyl/N-ethyl adjacent to an activating group) is 1. The Morgan fingerprint density at radius 3 is 2.65 bits per heavy atom. The highest BCUT2D eigenvalue weighted by molar-refractivity contribution is 6.31. The Morgan fingerprint density at radius 1 is 1.45 bits per heavy atom. The average molecular weight is 310 g/mol. The number of nitrogens with one attached hydrogen (secondary N) is 1. The quantitative estimate of drug-likeness (QED) is 0.822. The van der Waals surface area contributed by atoms with Crippen molar-refractivity contribution in [3.05, 3.63) is 23.2 Å². The number of benzene rings is 1. The lowest BCUT2D eigenvalue weighted by molar-refractivity contribution is -0.138. The van der Waals surface area contributed by atoms with Crippen molar-refractivity contribution in [2.75, 3.05) is 31.2 Å². The first-order valence-corrected chi connectivity index (χ1v) is 6.15. The lowest BCUT2D eigenvalue weighted by atomic mass is 10.2. The van der Waals surface area contributed by atoms with E-state index in [9.17, 15) is 18.0 Å². The van der Waals surface area contributed by atoms with Gasteiger partial charge in [-0.1, -0.05) is 11.6 Å². The largest absolute Gasteiger partial charge is 0.397 e. The van der Waals surface area contributed by atoms with Crippen molar-refractivity contribution in [1.29, 1.82) is 0 Å². The molecule has 0 radical (unpaired) electrons. The second-order valence-electron chi connectivity index (χ2n) is 4.38. The number of alkyl halides is 3. The summed E-state index contributed by atoms with van der Waals surface area (Å²) in [6, 6.07) is 4.57. The summed E-state index contributed by atoms with van der Waals surface area (Å²) in [6.07, 6.45) is -5.19. The van der Waals surface area contributed by atoms with Gasteiger partial charge in [0, 0.05) is 11.6 Å². The Labute approximate surface area is 119 Å². The van der Waals surface area contributed by atoms with Gasteiger partial charge in [-0.3, -0.25) is 9.69 Å². The molecule has 0 atom stereocenters. The van der Waals surface area contributed by atoms with E-state index in [2.05, 4.69) is 5.32 Å². The number of amides is 1. The van der Waals surface area contributed by atoms with Gasteiger partial charge in [-0.2, -0.15) is 13.2 Å². The molecule has 0 aliphatic carbocycles. The highest BCUT2D eigenvalue weighted by atomic mass is 35.5. The Bertz CT molecular complexity index is 480. The van der Waals surface area contributed by atoms with Gasteiger partial charge in [0.1, 0.15) is 0 Å². The minimum absolute atomic E-state index is 0.155. The van der Waals surface area contributed by atoms with Gasteiger partial charge in [-0.05, 0) is 25.2 Å². The van der Waals surface area contributed by atoms with E-state index < -0.39 is 18.5 Å². The van der Waals surface area contributed by atoms with Gasteiger partial charge in [-0.15, -0.1) is 0 Å². The topological polar surface area (TPSA) is 58.4 Å². The molecule has 1 aromatic carbocycles. The fourth-order valence-electron chi connectivity index (χ4n) is 1.48. The van der Waals surface area contributed by atoms with Crippen LogP contribution in [-0.4, -0.2) is 37.1 Å². The van der Waals surface area contributed by atoms with Crippen LogP contribution in [-0.2, 0) is 4.79 Å². The number of anilines is 2. The van der Waals surface area contributed by atoms with Gasteiger partial charge in [0.05, 0.1) is 24.3 Å². The van der Waals surface area contributed by atoms with Crippen LogP contribution in [0.3, 0.4) is 0 Å². The second kappa shape index (κ2) is 6.81. The van der Waals surface area contributed by atoms with Gasteiger partial charge < -0.3 is 11.1 Å². The van der Waals surface area contributed by atoms with Gasteiger partial charge in [0.15, 0.2) is 0 Å². The number of carbonyl (C=O) groups is 1. The lowest BCUT2D eigenvalue weighted by Crippen LogP contribution is -2.32. The zero-order valence-corrected chi connectivity index (χ0v) is 11.6. The van der Waals surface area contributed by atoms with Crippen LogP contribution in [0.15, 0.2) is 18.2 Å². The van der Waals surface area contributed by atoms with E-state index in [0.29, 0.717) is 16.4 Å². The van der Waals surface area contributed by atoms with Crippen molar-refractivity contribution in [3.63, 3.8) is 0 Å². The number of nitrogen functional groups attached to an aromatic ring is 1. The molecule has 0 saturated heterocycles. The van der Waals surface area contributed by atoms with Crippen molar-refractivity contribution in [1.82, 2.24) is 4.90 Å². The highest BCUT2D eigenvalue weighted by Crippen LogP contribution is 2.22. The molecule has 8 heteroatoms. The zero-order chi connectivity index (χ0) is 15.3. The number of carbonyl (C=O) groups excluding carboxylic acids is 1. The summed E-state index contributed by atoms with van der Waals surface area (Å²) in [6.45, 7) is -0.398. The maximum absolute atomic E-state index is 12.0. The summed E-state index contributed by atoms with van der Waals surface area (Å²) in [5.41, 5.74) is 6.33. The van der Waals surface area contributed by atoms with Gasteiger partial charge in [-0.25, -0.2) is 0 Å². The maximum Gasteiger partial charge on any atom is 0.390 e. The summed E-state index contributed by atoms with van der Waals surface area (Å²) in [5.74, 6) is -0.441. The van der Waals surface area contributed by atoms with E-state index in [1.165, 1.54) is 24.1 Å². The standard InChI is InChI=1S/C12H15ClF3N3O/c1-19(5-4-12(14,15)16)7-11(20)18-10-3-2-8(13)6-9(10)17/h2-3,6H,4-5,7,17H2,1H3,(H,18,20). The normalized spacial score (nSPS) is 11.7.